The number of aryl methyl sites for hydroxylation is 2. The van der Waals surface area contributed by atoms with Gasteiger partial charge < -0.3 is 5.73 Å². The van der Waals surface area contributed by atoms with Crippen molar-refractivity contribution in [2.75, 3.05) is 0 Å². The van der Waals surface area contributed by atoms with E-state index in [-0.39, 0.29) is 0 Å². The van der Waals surface area contributed by atoms with Gasteiger partial charge in [-0.3, -0.25) is 4.68 Å². The lowest BCUT2D eigenvalue weighted by atomic mass is 10.1. The van der Waals surface area contributed by atoms with Crippen molar-refractivity contribution in [2.45, 2.75) is 58.5 Å². The number of hydrogen-bond acceptors (Lipinski definition) is 2. The van der Waals surface area contributed by atoms with Gasteiger partial charge in [-0.2, -0.15) is 5.10 Å². The monoisotopic (exact) mass is 299 g/mol. The van der Waals surface area contributed by atoms with Crippen LogP contribution in [0, 0.1) is 5.92 Å². The second-order valence-corrected chi connectivity index (χ2v) is 5.71. The van der Waals surface area contributed by atoms with E-state index in [9.17, 15) is 0 Å². The summed E-state index contributed by atoms with van der Waals surface area (Å²) in [5.41, 5.74) is 8.65. The molecule has 1 unspecified atom stereocenters. The summed E-state index contributed by atoms with van der Waals surface area (Å²) in [6.45, 7) is 5.22. The molecule has 2 N–H and O–H groups in total. The molecule has 96 valence electrons. The summed E-state index contributed by atoms with van der Waals surface area (Å²) in [5.74, 6) is 0.789. The van der Waals surface area contributed by atoms with Gasteiger partial charge in [0, 0.05) is 12.6 Å². The predicted molar refractivity (Wildman–Crippen MR) is 74.0 cm³/mol. The molecule has 1 aliphatic carbocycles. The molecule has 0 saturated heterocycles. The summed E-state index contributed by atoms with van der Waals surface area (Å²) < 4.78 is 3.31. The molecule has 0 aliphatic heterocycles. The number of halogens is 1. The van der Waals surface area contributed by atoms with Crippen molar-refractivity contribution < 1.29 is 0 Å². The molecule has 1 aromatic heterocycles. The fraction of sp³-hybridized carbons (Fsp3) is 0.769. The maximum Gasteiger partial charge on any atom is 0.0766 e. The van der Waals surface area contributed by atoms with E-state index in [2.05, 4.69) is 39.6 Å². The lowest BCUT2D eigenvalue weighted by Gasteiger charge is -2.11. The first-order valence-corrected chi connectivity index (χ1v) is 7.46. The average molecular weight is 300 g/mol. The van der Waals surface area contributed by atoms with Crippen molar-refractivity contribution in [3.05, 3.63) is 15.9 Å². The lowest BCUT2D eigenvalue weighted by Crippen LogP contribution is -2.23. The first-order chi connectivity index (χ1) is 8.17. The van der Waals surface area contributed by atoms with Gasteiger partial charge in [0.15, 0.2) is 0 Å². The van der Waals surface area contributed by atoms with E-state index in [1.807, 2.05) is 0 Å². The Balaban J connectivity index is 2.04. The van der Waals surface area contributed by atoms with Crippen molar-refractivity contribution in [2.24, 2.45) is 11.7 Å². The van der Waals surface area contributed by atoms with E-state index >= 15 is 0 Å². The summed E-state index contributed by atoms with van der Waals surface area (Å²) in [7, 11) is 0. The third-order valence-electron chi connectivity index (χ3n) is 3.64. The Bertz CT molecular complexity index is 382. The first kappa shape index (κ1) is 13.1. The van der Waals surface area contributed by atoms with Crippen LogP contribution in [0.25, 0.3) is 0 Å². The van der Waals surface area contributed by atoms with Gasteiger partial charge >= 0.3 is 0 Å². The second kappa shape index (κ2) is 5.53. The highest BCUT2D eigenvalue weighted by atomic mass is 79.9. The fourth-order valence-corrected chi connectivity index (χ4v) is 3.08. The zero-order chi connectivity index (χ0) is 12.4. The Morgan fingerprint density at radius 3 is 2.71 bits per heavy atom. The van der Waals surface area contributed by atoms with Crippen LogP contribution in [0.4, 0.5) is 0 Å². The van der Waals surface area contributed by atoms with E-state index in [0.29, 0.717) is 6.04 Å². The van der Waals surface area contributed by atoms with Crippen LogP contribution in [0.3, 0.4) is 0 Å². The Labute approximate surface area is 112 Å². The predicted octanol–water partition coefficient (Wildman–Crippen LogP) is 2.90. The molecular formula is C13H22BrN3. The molecule has 3 nitrogen and oxygen atoms in total. The van der Waals surface area contributed by atoms with Gasteiger partial charge in [0.25, 0.3) is 0 Å². The Morgan fingerprint density at radius 1 is 1.47 bits per heavy atom. The minimum atomic E-state index is 0.382. The Kier molecular flexibility index (Phi) is 4.26. The first-order valence-electron chi connectivity index (χ1n) is 6.67. The summed E-state index contributed by atoms with van der Waals surface area (Å²) in [4.78, 5) is 0. The topological polar surface area (TPSA) is 43.8 Å². The van der Waals surface area contributed by atoms with Gasteiger partial charge in [-0.15, -0.1) is 0 Å². The van der Waals surface area contributed by atoms with Crippen LogP contribution < -0.4 is 5.73 Å². The van der Waals surface area contributed by atoms with Gasteiger partial charge in [0.05, 0.1) is 15.9 Å². The highest BCUT2D eigenvalue weighted by Gasteiger charge is 2.28. The molecule has 0 spiro atoms. The Hall–Kier alpha value is -0.350. The molecule has 2 rings (SSSR count). The van der Waals surface area contributed by atoms with Crippen molar-refractivity contribution in [1.29, 1.82) is 0 Å². The number of nitrogens with two attached hydrogens (primary N) is 1. The average Bonchev–Trinajstić information content (AvgIpc) is 3.12. The molecule has 1 saturated carbocycles. The molecule has 0 amide bonds. The lowest BCUT2D eigenvalue weighted by molar-refractivity contribution is 0.526. The van der Waals surface area contributed by atoms with Gasteiger partial charge in [0.1, 0.15) is 0 Å². The van der Waals surface area contributed by atoms with Crippen molar-refractivity contribution in [1.82, 2.24) is 9.78 Å². The SMILES string of the molecule is CCc1nn(CC)c(CCC(N)C2CC2)c1Br. The van der Waals surface area contributed by atoms with Crippen molar-refractivity contribution >= 4 is 15.9 Å². The summed E-state index contributed by atoms with van der Waals surface area (Å²) in [5, 5.41) is 4.61. The molecule has 1 aliphatic rings. The van der Waals surface area contributed by atoms with Gasteiger partial charge in [-0.05, 0) is 60.9 Å². The van der Waals surface area contributed by atoms with Crippen LogP contribution in [0.2, 0.25) is 0 Å². The molecule has 1 atom stereocenters. The van der Waals surface area contributed by atoms with Crippen LogP contribution in [-0.2, 0) is 19.4 Å². The third kappa shape index (κ3) is 2.91. The highest BCUT2D eigenvalue weighted by molar-refractivity contribution is 9.10. The molecule has 0 radical (unpaired) electrons. The van der Waals surface area contributed by atoms with Crippen molar-refractivity contribution in [3.8, 4) is 0 Å². The number of rotatable bonds is 6. The second-order valence-electron chi connectivity index (χ2n) is 4.92. The molecule has 1 heterocycles. The van der Waals surface area contributed by atoms with Crippen LogP contribution in [-0.4, -0.2) is 15.8 Å². The van der Waals surface area contributed by atoms with Crippen LogP contribution >= 0.6 is 15.9 Å². The van der Waals surface area contributed by atoms with E-state index < -0.39 is 0 Å². The van der Waals surface area contributed by atoms with E-state index in [1.165, 1.54) is 28.7 Å². The number of hydrogen-bond donors (Lipinski definition) is 1. The third-order valence-corrected chi connectivity index (χ3v) is 4.55. The Morgan fingerprint density at radius 2 is 2.18 bits per heavy atom. The maximum absolute atomic E-state index is 6.16. The molecule has 0 aromatic carbocycles. The fourth-order valence-electron chi connectivity index (χ4n) is 2.32. The van der Waals surface area contributed by atoms with E-state index in [1.54, 1.807) is 0 Å². The van der Waals surface area contributed by atoms with Crippen LogP contribution in [0.1, 0.15) is 44.5 Å². The zero-order valence-electron chi connectivity index (χ0n) is 10.7. The number of nitrogens with zero attached hydrogens (tertiary/aromatic N) is 2. The van der Waals surface area contributed by atoms with E-state index in [0.717, 1.165) is 31.7 Å². The number of aromatic nitrogens is 2. The smallest absolute Gasteiger partial charge is 0.0766 e. The van der Waals surface area contributed by atoms with Crippen LogP contribution in [0.15, 0.2) is 4.47 Å². The summed E-state index contributed by atoms with van der Waals surface area (Å²) >= 11 is 3.68. The quantitative estimate of drug-likeness (QED) is 0.878. The highest BCUT2D eigenvalue weighted by Crippen LogP contribution is 2.34. The maximum atomic E-state index is 6.16. The molecule has 1 fully saturated rings. The molecule has 17 heavy (non-hydrogen) atoms. The van der Waals surface area contributed by atoms with Crippen LogP contribution in [0.5, 0.6) is 0 Å². The van der Waals surface area contributed by atoms with Gasteiger partial charge in [0.2, 0.25) is 0 Å². The molecule has 1 aromatic rings. The summed E-state index contributed by atoms with van der Waals surface area (Å²) in [6.07, 6.45) is 5.76. The summed E-state index contributed by atoms with van der Waals surface area (Å²) in [6, 6.07) is 0.382. The molecule has 0 bridgehead atoms. The minimum Gasteiger partial charge on any atom is -0.327 e. The van der Waals surface area contributed by atoms with E-state index in [4.69, 9.17) is 5.73 Å². The molecular weight excluding hydrogens is 278 g/mol. The standard InChI is InChI=1S/C13H22BrN3/c1-3-11-13(14)12(17(4-2)16-11)8-7-10(15)9-5-6-9/h9-10H,3-8,15H2,1-2H3. The largest absolute Gasteiger partial charge is 0.327 e. The minimum absolute atomic E-state index is 0.382. The van der Waals surface area contributed by atoms with Gasteiger partial charge in [-0.25, -0.2) is 0 Å². The van der Waals surface area contributed by atoms with Crippen molar-refractivity contribution in [3.63, 3.8) is 0 Å². The normalized spacial score (nSPS) is 17.4. The van der Waals surface area contributed by atoms with Gasteiger partial charge in [-0.1, -0.05) is 6.92 Å². The molecule has 4 heteroatoms. The zero-order valence-corrected chi connectivity index (χ0v) is 12.3.